The Morgan fingerprint density at radius 2 is 1.64 bits per heavy atom. The van der Waals surface area contributed by atoms with E-state index in [4.69, 9.17) is 4.42 Å². The molecule has 0 bridgehead atoms. The lowest BCUT2D eigenvalue weighted by molar-refractivity contribution is 0.116. The molecule has 0 saturated heterocycles. The molecule has 28 heavy (non-hydrogen) atoms. The highest BCUT2D eigenvalue weighted by atomic mass is 19.3. The third kappa shape index (κ3) is 3.61. The molecule has 4 aromatic rings. The van der Waals surface area contributed by atoms with Gasteiger partial charge < -0.3 is 4.42 Å². The first-order chi connectivity index (χ1) is 13.5. The quantitative estimate of drug-likeness (QED) is 0.477. The van der Waals surface area contributed by atoms with Gasteiger partial charge in [0.1, 0.15) is 5.69 Å². The summed E-state index contributed by atoms with van der Waals surface area (Å²) in [7, 11) is 0. The Hall–Kier alpha value is -3.56. The number of nitrogens with zero attached hydrogens (tertiary/aromatic N) is 5. The average Bonchev–Trinajstić information content (AvgIpc) is 3.35. The van der Waals surface area contributed by atoms with Crippen LogP contribution < -0.4 is 0 Å². The van der Waals surface area contributed by atoms with Gasteiger partial charge >= 0.3 is 6.43 Å². The van der Waals surface area contributed by atoms with Crippen molar-refractivity contribution in [2.75, 3.05) is 0 Å². The Bertz CT molecular complexity index is 1110. The van der Waals surface area contributed by atoms with E-state index in [1.165, 1.54) is 10.7 Å². The maximum Gasteiger partial charge on any atom is 0.314 e. The minimum atomic E-state index is -2.82. The van der Waals surface area contributed by atoms with Gasteiger partial charge in [-0.3, -0.25) is 0 Å². The molecule has 4 rings (SSSR count). The predicted molar refractivity (Wildman–Crippen MR) is 89.2 cm³/mol. The predicted octanol–water partition coefficient (Wildman–Crippen LogP) is 4.26. The summed E-state index contributed by atoms with van der Waals surface area (Å²) in [5.74, 6) is -2.62. The summed E-state index contributed by atoms with van der Waals surface area (Å²) in [6.07, 6.45) is -1.22. The van der Waals surface area contributed by atoms with Crippen molar-refractivity contribution in [3.05, 3.63) is 71.8 Å². The Balaban J connectivity index is 1.49. The second-order valence-corrected chi connectivity index (χ2v) is 5.87. The Labute approximate surface area is 155 Å². The molecule has 0 aliphatic heterocycles. The lowest BCUT2D eigenvalue weighted by Crippen LogP contribution is -2.00. The van der Waals surface area contributed by atoms with E-state index in [2.05, 4.69) is 20.5 Å². The molecule has 0 amide bonds. The van der Waals surface area contributed by atoms with Crippen molar-refractivity contribution < 1.29 is 22.0 Å². The van der Waals surface area contributed by atoms with E-state index in [-0.39, 0.29) is 5.89 Å². The third-order valence-corrected chi connectivity index (χ3v) is 3.93. The van der Waals surface area contributed by atoms with E-state index in [1.54, 1.807) is 30.5 Å². The Morgan fingerprint density at radius 1 is 0.893 bits per heavy atom. The number of hydrogen-bond donors (Lipinski definition) is 0. The van der Waals surface area contributed by atoms with Crippen LogP contribution in [0.3, 0.4) is 0 Å². The Morgan fingerprint density at radius 3 is 2.32 bits per heavy atom. The average molecular weight is 389 g/mol. The molecule has 0 aliphatic carbocycles. The van der Waals surface area contributed by atoms with Crippen LogP contribution in [0.15, 0.2) is 53.1 Å². The van der Waals surface area contributed by atoms with E-state index in [0.717, 1.165) is 17.7 Å². The van der Waals surface area contributed by atoms with Crippen LogP contribution in [-0.2, 0) is 6.54 Å². The maximum absolute atomic E-state index is 13.4. The molecule has 0 saturated carbocycles. The third-order valence-electron chi connectivity index (χ3n) is 3.93. The lowest BCUT2D eigenvalue weighted by atomic mass is 10.1. The van der Waals surface area contributed by atoms with Crippen molar-refractivity contribution in [1.29, 1.82) is 0 Å². The van der Waals surface area contributed by atoms with E-state index in [0.29, 0.717) is 23.4 Å². The Kier molecular flexibility index (Phi) is 4.60. The first-order valence-electron chi connectivity index (χ1n) is 8.06. The van der Waals surface area contributed by atoms with Crippen molar-refractivity contribution >= 4 is 0 Å². The van der Waals surface area contributed by atoms with E-state index >= 15 is 0 Å². The lowest BCUT2D eigenvalue weighted by Gasteiger charge is -2.02. The highest BCUT2D eigenvalue weighted by Crippen LogP contribution is 2.24. The summed E-state index contributed by atoms with van der Waals surface area (Å²) < 4.78 is 57.9. The van der Waals surface area contributed by atoms with Gasteiger partial charge in [0, 0.05) is 11.1 Å². The van der Waals surface area contributed by atoms with Crippen LogP contribution >= 0.6 is 0 Å². The number of alkyl halides is 2. The van der Waals surface area contributed by atoms with E-state index < -0.39 is 24.0 Å². The molecule has 10 heteroatoms. The van der Waals surface area contributed by atoms with Gasteiger partial charge in [-0.25, -0.2) is 13.5 Å². The van der Waals surface area contributed by atoms with Gasteiger partial charge in [0.15, 0.2) is 11.6 Å². The van der Waals surface area contributed by atoms with Gasteiger partial charge in [-0.05, 0) is 35.9 Å². The van der Waals surface area contributed by atoms with Crippen LogP contribution in [-0.4, -0.2) is 25.2 Å². The van der Waals surface area contributed by atoms with Gasteiger partial charge in [-0.15, -0.1) is 15.3 Å². The monoisotopic (exact) mass is 389 g/mol. The summed E-state index contributed by atoms with van der Waals surface area (Å²) >= 11 is 0. The standard InChI is InChI=1S/C18H11F4N5O/c19-13-6-5-12(7-14(13)20)15-9-27(26-23-15)8-10-1-3-11(4-2-10)17-24-25-18(28-17)16(21)22/h1-7,9,16H,8H2. The van der Waals surface area contributed by atoms with E-state index in [1.807, 2.05) is 0 Å². The SMILES string of the molecule is Fc1ccc(-c2cn(Cc3ccc(-c4nnc(C(F)F)o4)cc3)nn2)cc1F. The number of aromatic nitrogens is 5. The molecule has 0 atom stereocenters. The molecule has 0 spiro atoms. The summed E-state index contributed by atoms with van der Waals surface area (Å²) in [4.78, 5) is 0. The fourth-order valence-electron chi connectivity index (χ4n) is 2.54. The summed E-state index contributed by atoms with van der Waals surface area (Å²) in [6.45, 7) is 0.364. The van der Waals surface area contributed by atoms with Crippen LogP contribution in [0.5, 0.6) is 0 Å². The van der Waals surface area contributed by atoms with Crippen molar-refractivity contribution in [3.8, 4) is 22.7 Å². The second-order valence-electron chi connectivity index (χ2n) is 5.87. The molecule has 0 N–H and O–H groups in total. The molecule has 2 aromatic heterocycles. The summed E-state index contributed by atoms with van der Waals surface area (Å²) in [6, 6.07) is 10.3. The molecule has 2 heterocycles. The zero-order chi connectivity index (χ0) is 19.7. The van der Waals surface area contributed by atoms with Crippen LogP contribution in [0.4, 0.5) is 17.6 Å². The normalized spacial score (nSPS) is 11.3. The summed E-state index contributed by atoms with van der Waals surface area (Å²) in [5, 5.41) is 14.8. The minimum Gasteiger partial charge on any atom is -0.415 e. The number of rotatable bonds is 5. The van der Waals surface area contributed by atoms with Crippen LogP contribution in [0.2, 0.25) is 0 Å². The van der Waals surface area contributed by atoms with Gasteiger partial charge in [0.05, 0.1) is 12.7 Å². The molecule has 0 fully saturated rings. The highest BCUT2D eigenvalue weighted by Gasteiger charge is 2.17. The van der Waals surface area contributed by atoms with Gasteiger partial charge in [0.25, 0.3) is 5.89 Å². The summed E-state index contributed by atoms with van der Waals surface area (Å²) in [5.41, 5.74) is 2.16. The van der Waals surface area contributed by atoms with Gasteiger partial charge in [-0.1, -0.05) is 17.3 Å². The number of halogens is 4. The smallest absolute Gasteiger partial charge is 0.314 e. The number of benzene rings is 2. The van der Waals surface area contributed by atoms with Crippen molar-refractivity contribution in [2.24, 2.45) is 0 Å². The first kappa shape index (κ1) is 17.8. The van der Waals surface area contributed by atoms with Crippen LogP contribution in [0.25, 0.3) is 22.7 Å². The van der Waals surface area contributed by atoms with E-state index in [9.17, 15) is 17.6 Å². The molecule has 6 nitrogen and oxygen atoms in total. The molecule has 2 aromatic carbocycles. The fraction of sp³-hybridized carbons (Fsp3) is 0.111. The van der Waals surface area contributed by atoms with Gasteiger partial charge in [-0.2, -0.15) is 8.78 Å². The van der Waals surface area contributed by atoms with Crippen molar-refractivity contribution in [1.82, 2.24) is 25.2 Å². The van der Waals surface area contributed by atoms with Crippen molar-refractivity contribution in [2.45, 2.75) is 13.0 Å². The van der Waals surface area contributed by atoms with Crippen LogP contribution in [0, 0.1) is 11.6 Å². The number of hydrogen-bond acceptors (Lipinski definition) is 5. The topological polar surface area (TPSA) is 69.6 Å². The molecule has 0 radical (unpaired) electrons. The second kappa shape index (κ2) is 7.22. The molecule has 142 valence electrons. The fourth-order valence-corrected chi connectivity index (χ4v) is 2.54. The minimum absolute atomic E-state index is 0.00299. The molecular weight excluding hydrogens is 378 g/mol. The van der Waals surface area contributed by atoms with Crippen molar-refractivity contribution in [3.63, 3.8) is 0 Å². The first-order valence-corrected chi connectivity index (χ1v) is 8.06. The van der Waals surface area contributed by atoms with Crippen LogP contribution in [0.1, 0.15) is 17.9 Å². The molecule has 0 unspecified atom stereocenters. The molecule has 0 aliphatic rings. The van der Waals surface area contributed by atoms with Gasteiger partial charge in [0.2, 0.25) is 5.89 Å². The largest absolute Gasteiger partial charge is 0.415 e. The maximum atomic E-state index is 13.4. The zero-order valence-electron chi connectivity index (χ0n) is 14.1. The highest BCUT2D eigenvalue weighted by molar-refractivity contribution is 5.57. The molecular formula is C18H11F4N5O. The zero-order valence-corrected chi connectivity index (χ0v) is 14.1.